The topological polar surface area (TPSA) is 26.0 Å². The van der Waals surface area contributed by atoms with E-state index in [1.165, 1.54) is 11.1 Å². The number of benzene rings is 1. The van der Waals surface area contributed by atoms with Crippen LogP contribution < -0.4 is 5.73 Å². The molecule has 1 fully saturated rings. The van der Waals surface area contributed by atoms with Gasteiger partial charge >= 0.3 is 0 Å². The van der Waals surface area contributed by atoms with Gasteiger partial charge in [0.1, 0.15) is 0 Å². The zero-order chi connectivity index (χ0) is 9.47. The van der Waals surface area contributed by atoms with E-state index in [1.54, 1.807) is 0 Å². The zero-order valence-electron chi connectivity index (χ0n) is 7.81. The van der Waals surface area contributed by atoms with Gasteiger partial charge in [-0.1, -0.05) is 28.9 Å². The Bertz CT molecular complexity index is 329. The third-order valence-electron chi connectivity index (χ3n) is 2.77. The van der Waals surface area contributed by atoms with Crippen LogP contribution in [0.3, 0.4) is 0 Å². The molecule has 1 aromatic rings. The molecule has 70 valence electrons. The Morgan fingerprint density at radius 2 is 2.15 bits per heavy atom. The monoisotopic (exact) mass is 239 g/mol. The van der Waals surface area contributed by atoms with Crippen LogP contribution in [0.5, 0.6) is 0 Å². The third kappa shape index (κ3) is 1.65. The number of hydrogen-bond donors (Lipinski definition) is 1. The Hall–Kier alpha value is -0.340. The van der Waals surface area contributed by atoms with Gasteiger partial charge in [0, 0.05) is 10.0 Å². The summed E-state index contributed by atoms with van der Waals surface area (Å²) in [4.78, 5) is 0. The predicted molar refractivity (Wildman–Crippen MR) is 58.6 cm³/mol. The Kier molecular flexibility index (Phi) is 2.20. The van der Waals surface area contributed by atoms with Gasteiger partial charge in [-0.2, -0.15) is 0 Å². The first-order valence-electron chi connectivity index (χ1n) is 4.73. The van der Waals surface area contributed by atoms with Crippen molar-refractivity contribution in [2.24, 2.45) is 5.73 Å². The molecule has 2 N–H and O–H groups in total. The highest BCUT2D eigenvalue weighted by atomic mass is 79.9. The van der Waals surface area contributed by atoms with Gasteiger partial charge in [0.25, 0.3) is 0 Å². The molecule has 0 bridgehead atoms. The van der Waals surface area contributed by atoms with E-state index >= 15 is 0 Å². The van der Waals surface area contributed by atoms with Crippen molar-refractivity contribution in [3.8, 4) is 0 Å². The first-order valence-corrected chi connectivity index (χ1v) is 5.53. The molecule has 1 aliphatic carbocycles. The van der Waals surface area contributed by atoms with Crippen molar-refractivity contribution in [3.63, 3.8) is 0 Å². The van der Waals surface area contributed by atoms with E-state index in [4.69, 9.17) is 5.73 Å². The molecule has 0 heterocycles. The standard InChI is InChI=1S/C11H14BrN/c1-2-8-7-9(12)3-4-10(8)11(13)5-6-11/h3-4,7H,2,5-6,13H2,1H3. The minimum atomic E-state index is 0.00600. The van der Waals surface area contributed by atoms with Gasteiger partial charge in [0.05, 0.1) is 0 Å². The summed E-state index contributed by atoms with van der Waals surface area (Å²) >= 11 is 3.48. The molecule has 0 spiro atoms. The van der Waals surface area contributed by atoms with Crippen LogP contribution in [-0.4, -0.2) is 0 Å². The maximum Gasteiger partial charge on any atom is 0.0414 e. The smallest absolute Gasteiger partial charge is 0.0414 e. The quantitative estimate of drug-likeness (QED) is 0.844. The van der Waals surface area contributed by atoms with Crippen LogP contribution in [-0.2, 0) is 12.0 Å². The van der Waals surface area contributed by atoms with Gasteiger partial charge < -0.3 is 5.73 Å². The van der Waals surface area contributed by atoms with Crippen LogP contribution in [0.4, 0.5) is 0 Å². The fourth-order valence-corrected chi connectivity index (χ4v) is 2.15. The molecule has 0 saturated heterocycles. The van der Waals surface area contributed by atoms with E-state index in [1.807, 2.05) is 0 Å². The first kappa shape index (κ1) is 9.22. The summed E-state index contributed by atoms with van der Waals surface area (Å²) in [5, 5.41) is 0. The average Bonchev–Trinajstić information content (AvgIpc) is 2.84. The highest BCUT2D eigenvalue weighted by Gasteiger charge is 2.41. The SMILES string of the molecule is CCc1cc(Br)ccc1C1(N)CC1. The summed E-state index contributed by atoms with van der Waals surface area (Å²) in [5.74, 6) is 0. The van der Waals surface area contributed by atoms with Crippen LogP contribution >= 0.6 is 15.9 Å². The van der Waals surface area contributed by atoms with Gasteiger partial charge in [0.2, 0.25) is 0 Å². The highest BCUT2D eigenvalue weighted by Crippen LogP contribution is 2.44. The van der Waals surface area contributed by atoms with Gasteiger partial charge in [-0.05, 0) is 42.5 Å². The van der Waals surface area contributed by atoms with Gasteiger partial charge in [-0.25, -0.2) is 0 Å². The van der Waals surface area contributed by atoms with Crippen molar-refractivity contribution in [3.05, 3.63) is 33.8 Å². The third-order valence-corrected chi connectivity index (χ3v) is 3.27. The summed E-state index contributed by atoms with van der Waals surface area (Å²) in [5.41, 5.74) is 8.91. The lowest BCUT2D eigenvalue weighted by atomic mass is 9.97. The predicted octanol–water partition coefficient (Wildman–Crippen LogP) is 2.96. The Balaban J connectivity index is 2.45. The van der Waals surface area contributed by atoms with Crippen LogP contribution in [0.15, 0.2) is 22.7 Å². The van der Waals surface area contributed by atoms with Gasteiger partial charge in [0.15, 0.2) is 0 Å². The van der Waals surface area contributed by atoms with Crippen LogP contribution in [0.1, 0.15) is 30.9 Å². The minimum Gasteiger partial charge on any atom is -0.321 e. The first-order chi connectivity index (χ1) is 6.15. The molecule has 2 rings (SSSR count). The summed E-state index contributed by atoms with van der Waals surface area (Å²) in [6, 6.07) is 6.43. The number of hydrogen-bond acceptors (Lipinski definition) is 1. The molecule has 2 heteroatoms. The molecule has 1 nitrogen and oxygen atoms in total. The summed E-state index contributed by atoms with van der Waals surface area (Å²) in [6.45, 7) is 2.18. The zero-order valence-corrected chi connectivity index (χ0v) is 9.39. The van der Waals surface area contributed by atoms with E-state index < -0.39 is 0 Å². The lowest BCUT2D eigenvalue weighted by Crippen LogP contribution is -2.20. The molecule has 1 aromatic carbocycles. The summed E-state index contributed by atoms with van der Waals surface area (Å²) in [6.07, 6.45) is 3.34. The number of rotatable bonds is 2. The fourth-order valence-electron chi connectivity index (χ4n) is 1.74. The minimum absolute atomic E-state index is 0.00600. The highest BCUT2D eigenvalue weighted by molar-refractivity contribution is 9.10. The van der Waals surface area contributed by atoms with Crippen molar-refractivity contribution >= 4 is 15.9 Å². The van der Waals surface area contributed by atoms with E-state index in [0.717, 1.165) is 23.7 Å². The molecular formula is C11H14BrN. The second kappa shape index (κ2) is 3.10. The van der Waals surface area contributed by atoms with E-state index in [9.17, 15) is 0 Å². The molecular weight excluding hydrogens is 226 g/mol. The molecule has 1 aliphatic rings. The molecule has 0 aliphatic heterocycles. The normalized spacial score (nSPS) is 18.7. The number of aryl methyl sites for hydroxylation is 1. The van der Waals surface area contributed by atoms with Gasteiger partial charge in [-0.15, -0.1) is 0 Å². The molecule has 0 radical (unpaired) electrons. The molecule has 0 amide bonds. The summed E-state index contributed by atoms with van der Waals surface area (Å²) < 4.78 is 1.15. The van der Waals surface area contributed by atoms with Crippen molar-refractivity contribution in [1.82, 2.24) is 0 Å². The average molecular weight is 240 g/mol. The van der Waals surface area contributed by atoms with Crippen molar-refractivity contribution in [1.29, 1.82) is 0 Å². The number of nitrogens with two attached hydrogens (primary N) is 1. The molecule has 0 unspecified atom stereocenters. The van der Waals surface area contributed by atoms with Crippen molar-refractivity contribution in [2.45, 2.75) is 31.7 Å². The molecule has 1 saturated carbocycles. The van der Waals surface area contributed by atoms with Crippen LogP contribution in [0, 0.1) is 0 Å². The Morgan fingerprint density at radius 1 is 1.46 bits per heavy atom. The fraction of sp³-hybridized carbons (Fsp3) is 0.455. The maximum atomic E-state index is 6.18. The van der Waals surface area contributed by atoms with Crippen molar-refractivity contribution < 1.29 is 0 Å². The van der Waals surface area contributed by atoms with E-state index in [-0.39, 0.29) is 5.54 Å². The molecule has 0 aromatic heterocycles. The lowest BCUT2D eigenvalue weighted by molar-refractivity contribution is 0.727. The van der Waals surface area contributed by atoms with Crippen LogP contribution in [0.25, 0.3) is 0 Å². The lowest BCUT2D eigenvalue weighted by Gasteiger charge is -2.14. The summed E-state index contributed by atoms with van der Waals surface area (Å²) in [7, 11) is 0. The second-order valence-corrected chi connectivity index (χ2v) is 4.73. The number of halogens is 1. The van der Waals surface area contributed by atoms with E-state index in [0.29, 0.717) is 0 Å². The molecule has 0 atom stereocenters. The van der Waals surface area contributed by atoms with Crippen molar-refractivity contribution in [2.75, 3.05) is 0 Å². The largest absolute Gasteiger partial charge is 0.321 e. The Morgan fingerprint density at radius 3 is 2.69 bits per heavy atom. The van der Waals surface area contributed by atoms with Crippen LogP contribution in [0.2, 0.25) is 0 Å². The van der Waals surface area contributed by atoms with Gasteiger partial charge in [-0.3, -0.25) is 0 Å². The maximum absolute atomic E-state index is 6.18. The molecule has 13 heavy (non-hydrogen) atoms. The van der Waals surface area contributed by atoms with E-state index in [2.05, 4.69) is 41.1 Å². The Labute approximate surface area is 87.5 Å². The second-order valence-electron chi connectivity index (χ2n) is 3.81.